The van der Waals surface area contributed by atoms with Crippen molar-refractivity contribution < 1.29 is 29.3 Å². The average Bonchev–Trinajstić information content (AvgIpc) is 2.62. The number of amides is 2. The van der Waals surface area contributed by atoms with Gasteiger partial charge in [-0.25, -0.2) is 9.59 Å². The smallest absolute Gasteiger partial charge is 0.408 e. The van der Waals surface area contributed by atoms with E-state index in [2.05, 4.69) is 10.6 Å². The van der Waals surface area contributed by atoms with Crippen molar-refractivity contribution in [2.24, 2.45) is 5.92 Å². The number of alkyl carbamates (subject to hydrolysis) is 1. The van der Waals surface area contributed by atoms with Gasteiger partial charge in [-0.3, -0.25) is 4.79 Å². The summed E-state index contributed by atoms with van der Waals surface area (Å²) in [7, 11) is 0. The van der Waals surface area contributed by atoms with E-state index in [9.17, 15) is 24.6 Å². The number of hydrogen-bond donors (Lipinski definition) is 4. The molecule has 8 heteroatoms. The molecular formula is C17H24N2O6. The summed E-state index contributed by atoms with van der Waals surface area (Å²) in [6, 6.07) is 6.55. The highest BCUT2D eigenvalue weighted by Gasteiger charge is 2.29. The van der Waals surface area contributed by atoms with Crippen LogP contribution in [0.4, 0.5) is 4.79 Å². The third-order valence-electron chi connectivity index (χ3n) is 3.78. The van der Waals surface area contributed by atoms with E-state index >= 15 is 0 Å². The Morgan fingerprint density at radius 1 is 1.16 bits per heavy atom. The lowest BCUT2D eigenvalue weighted by atomic mass is 9.99. The van der Waals surface area contributed by atoms with Gasteiger partial charge in [0.1, 0.15) is 18.7 Å². The monoisotopic (exact) mass is 352 g/mol. The number of rotatable bonds is 9. The molecule has 0 aliphatic heterocycles. The zero-order valence-corrected chi connectivity index (χ0v) is 14.3. The minimum Gasteiger partial charge on any atom is -0.480 e. The Kier molecular flexibility index (Phi) is 8.42. The van der Waals surface area contributed by atoms with Crippen LogP contribution < -0.4 is 10.6 Å². The van der Waals surface area contributed by atoms with Gasteiger partial charge in [-0.2, -0.15) is 0 Å². The lowest BCUT2D eigenvalue weighted by Gasteiger charge is -2.23. The van der Waals surface area contributed by atoms with Crippen LogP contribution in [0.3, 0.4) is 0 Å². The first-order chi connectivity index (χ1) is 11.9. The predicted molar refractivity (Wildman–Crippen MR) is 89.7 cm³/mol. The maximum absolute atomic E-state index is 12.1. The van der Waals surface area contributed by atoms with E-state index in [0.29, 0.717) is 6.42 Å². The van der Waals surface area contributed by atoms with Crippen LogP contribution >= 0.6 is 0 Å². The van der Waals surface area contributed by atoms with Crippen molar-refractivity contribution in [1.29, 1.82) is 0 Å². The number of aliphatic hydroxyl groups excluding tert-OH is 1. The van der Waals surface area contributed by atoms with Gasteiger partial charge in [0.25, 0.3) is 0 Å². The van der Waals surface area contributed by atoms with Crippen molar-refractivity contribution in [1.82, 2.24) is 10.6 Å². The van der Waals surface area contributed by atoms with E-state index in [1.807, 2.05) is 6.07 Å². The van der Waals surface area contributed by atoms with E-state index in [1.54, 1.807) is 38.1 Å². The fraction of sp³-hybridized carbons (Fsp3) is 0.471. The summed E-state index contributed by atoms with van der Waals surface area (Å²) >= 11 is 0. The van der Waals surface area contributed by atoms with Crippen LogP contribution in [0.2, 0.25) is 0 Å². The topological polar surface area (TPSA) is 125 Å². The number of aliphatic hydroxyl groups is 1. The van der Waals surface area contributed by atoms with Crippen LogP contribution in [-0.4, -0.2) is 46.9 Å². The highest BCUT2D eigenvalue weighted by Crippen LogP contribution is 2.08. The summed E-state index contributed by atoms with van der Waals surface area (Å²) < 4.78 is 4.97. The molecule has 138 valence electrons. The second-order valence-electron chi connectivity index (χ2n) is 5.65. The number of carbonyl (C=O) groups excluding carboxylic acids is 2. The second-order valence-corrected chi connectivity index (χ2v) is 5.65. The third kappa shape index (κ3) is 6.80. The minimum absolute atomic E-state index is 0.0110. The summed E-state index contributed by atoms with van der Waals surface area (Å²) in [6.07, 6.45) is -0.332. The van der Waals surface area contributed by atoms with Gasteiger partial charge in [-0.1, -0.05) is 50.6 Å². The highest BCUT2D eigenvalue weighted by atomic mass is 16.5. The van der Waals surface area contributed by atoms with Crippen molar-refractivity contribution in [3.63, 3.8) is 0 Å². The molecule has 0 aliphatic carbocycles. The summed E-state index contributed by atoms with van der Waals surface area (Å²) in [4.78, 5) is 35.1. The molecule has 0 aliphatic rings. The van der Waals surface area contributed by atoms with E-state index in [-0.39, 0.29) is 12.5 Å². The van der Waals surface area contributed by atoms with Gasteiger partial charge in [0.2, 0.25) is 5.91 Å². The van der Waals surface area contributed by atoms with Gasteiger partial charge < -0.3 is 25.6 Å². The zero-order chi connectivity index (χ0) is 18.8. The van der Waals surface area contributed by atoms with E-state index in [0.717, 1.165) is 5.56 Å². The third-order valence-corrected chi connectivity index (χ3v) is 3.78. The average molecular weight is 352 g/mol. The van der Waals surface area contributed by atoms with Gasteiger partial charge >= 0.3 is 12.1 Å². The molecule has 1 rings (SSSR count). The number of carbonyl (C=O) groups is 3. The first-order valence-corrected chi connectivity index (χ1v) is 8.00. The Hall–Kier alpha value is -2.61. The Balaban J connectivity index is 2.57. The number of carboxylic acid groups (broad SMARTS) is 1. The molecule has 0 fully saturated rings. The fourth-order valence-electron chi connectivity index (χ4n) is 2.04. The highest BCUT2D eigenvalue weighted by molar-refractivity contribution is 5.89. The standard InChI is InChI=1S/C17H24N2O6/c1-3-11(2)14(16(22)23)19-15(21)13(9-20)18-17(24)25-10-12-7-5-4-6-8-12/h4-8,11,13-14,20H,3,9-10H2,1-2H3,(H,18,24)(H,19,21)(H,22,23)/t11-,13-,14-/m0/s1. The minimum atomic E-state index is -1.30. The number of benzene rings is 1. The molecule has 4 N–H and O–H groups in total. The van der Waals surface area contributed by atoms with Gasteiger partial charge in [0.05, 0.1) is 6.61 Å². The molecule has 2 amide bonds. The Morgan fingerprint density at radius 2 is 1.80 bits per heavy atom. The molecule has 1 aromatic rings. The molecule has 0 heterocycles. The number of carboxylic acids is 1. The molecule has 1 aromatic carbocycles. The SMILES string of the molecule is CC[C@H](C)[C@H](NC(=O)[C@H](CO)NC(=O)OCc1ccccc1)C(=O)O. The first kappa shape index (κ1) is 20.4. The Bertz CT molecular complexity index is 578. The summed E-state index contributed by atoms with van der Waals surface area (Å²) in [5.74, 6) is -2.26. The van der Waals surface area contributed by atoms with Gasteiger partial charge in [-0.15, -0.1) is 0 Å². The molecule has 8 nitrogen and oxygen atoms in total. The Morgan fingerprint density at radius 3 is 2.32 bits per heavy atom. The van der Waals surface area contributed by atoms with Crippen LogP contribution in [-0.2, 0) is 20.9 Å². The van der Waals surface area contributed by atoms with Crippen molar-refractivity contribution in [3.8, 4) is 0 Å². The molecule has 25 heavy (non-hydrogen) atoms. The maximum Gasteiger partial charge on any atom is 0.408 e. The maximum atomic E-state index is 12.1. The lowest BCUT2D eigenvalue weighted by Crippen LogP contribution is -2.54. The van der Waals surface area contributed by atoms with Gasteiger partial charge in [0, 0.05) is 0 Å². The molecule has 0 saturated carbocycles. The number of aliphatic carboxylic acids is 1. The normalized spacial score (nSPS) is 14.0. The molecule has 0 spiro atoms. The summed E-state index contributed by atoms with van der Waals surface area (Å²) in [5, 5.41) is 23.0. The zero-order valence-electron chi connectivity index (χ0n) is 14.3. The molecule has 0 bridgehead atoms. The van der Waals surface area contributed by atoms with Crippen LogP contribution in [0.5, 0.6) is 0 Å². The number of ether oxygens (including phenoxy) is 1. The Labute approximate surface area is 146 Å². The van der Waals surface area contributed by atoms with E-state index < -0.39 is 36.7 Å². The van der Waals surface area contributed by atoms with E-state index in [1.165, 1.54) is 0 Å². The molecule has 0 saturated heterocycles. The van der Waals surface area contributed by atoms with Crippen molar-refractivity contribution in [3.05, 3.63) is 35.9 Å². The van der Waals surface area contributed by atoms with Gasteiger partial charge in [0.15, 0.2) is 0 Å². The second kappa shape index (κ2) is 10.3. The molecule has 0 unspecified atom stereocenters. The summed E-state index contributed by atoms with van der Waals surface area (Å²) in [6.45, 7) is 2.82. The van der Waals surface area contributed by atoms with Crippen molar-refractivity contribution >= 4 is 18.0 Å². The largest absolute Gasteiger partial charge is 0.480 e. The predicted octanol–water partition coefficient (Wildman–Crippen LogP) is 0.889. The van der Waals surface area contributed by atoms with Crippen molar-refractivity contribution in [2.45, 2.75) is 39.0 Å². The van der Waals surface area contributed by atoms with Gasteiger partial charge in [-0.05, 0) is 11.5 Å². The van der Waals surface area contributed by atoms with Crippen LogP contribution in [0.1, 0.15) is 25.8 Å². The van der Waals surface area contributed by atoms with E-state index in [4.69, 9.17) is 4.74 Å². The van der Waals surface area contributed by atoms with Crippen LogP contribution in [0.15, 0.2) is 30.3 Å². The first-order valence-electron chi connectivity index (χ1n) is 8.00. The molecular weight excluding hydrogens is 328 g/mol. The molecule has 0 aromatic heterocycles. The molecule has 3 atom stereocenters. The van der Waals surface area contributed by atoms with Crippen LogP contribution in [0.25, 0.3) is 0 Å². The van der Waals surface area contributed by atoms with Crippen molar-refractivity contribution in [2.75, 3.05) is 6.61 Å². The quantitative estimate of drug-likeness (QED) is 0.523. The number of nitrogens with one attached hydrogen (secondary N) is 2. The summed E-state index contributed by atoms with van der Waals surface area (Å²) in [5.41, 5.74) is 0.769. The lowest BCUT2D eigenvalue weighted by molar-refractivity contribution is -0.143. The fourth-order valence-corrected chi connectivity index (χ4v) is 2.04. The van der Waals surface area contributed by atoms with Crippen LogP contribution in [0, 0.1) is 5.92 Å². The number of hydrogen-bond acceptors (Lipinski definition) is 5. The molecule has 0 radical (unpaired) electrons.